The van der Waals surface area contributed by atoms with Crippen LogP contribution in [0.4, 0.5) is 0 Å². The number of fused-ring (bicyclic) bond motifs is 1. The maximum absolute atomic E-state index is 12.2. The van der Waals surface area contributed by atoms with E-state index < -0.39 is 0 Å². The summed E-state index contributed by atoms with van der Waals surface area (Å²) in [5, 5.41) is 1.82. The van der Waals surface area contributed by atoms with E-state index in [1.807, 2.05) is 25.2 Å². The molecule has 106 valence electrons. The van der Waals surface area contributed by atoms with E-state index >= 15 is 0 Å². The minimum atomic E-state index is -0.270. The summed E-state index contributed by atoms with van der Waals surface area (Å²) in [4.78, 5) is 15.0. The van der Waals surface area contributed by atoms with Crippen LogP contribution >= 0.6 is 22.9 Å². The number of carbonyl (C=O) groups excluding carboxylic acids is 1. The van der Waals surface area contributed by atoms with E-state index in [0.29, 0.717) is 13.2 Å². The Balaban J connectivity index is 1.78. The monoisotopic (exact) mass is 309 g/mol. The van der Waals surface area contributed by atoms with E-state index in [4.69, 9.17) is 16.3 Å². The fraction of sp³-hybridized carbons (Fsp3) is 0.400. The first-order valence-corrected chi connectivity index (χ1v) is 7.89. The quantitative estimate of drug-likeness (QED) is 0.865. The maximum atomic E-state index is 12.2. The molecule has 0 aliphatic carbocycles. The first-order valence-electron chi connectivity index (χ1n) is 6.69. The number of halogens is 1. The topological polar surface area (TPSA) is 29.5 Å². The second-order valence-corrected chi connectivity index (χ2v) is 6.55. The predicted molar refractivity (Wildman–Crippen MR) is 82.3 cm³/mol. The molecule has 1 aromatic carbocycles. The lowest BCUT2D eigenvalue weighted by atomic mass is 10.2. The summed E-state index contributed by atoms with van der Waals surface area (Å²) in [7, 11) is 1.81. The highest BCUT2D eigenvalue weighted by Gasteiger charge is 2.27. The van der Waals surface area contributed by atoms with Gasteiger partial charge in [-0.3, -0.25) is 4.79 Å². The van der Waals surface area contributed by atoms with Crippen molar-refractivity contribution in [1.29, 1.82) is 0 Å². The van der Waals surface area contributed by atoms with Crippen LogP contribution in [-0.4, -0.2) is 30.6 Å². The van der Waals surface area contributed by atoms with E-state index in [2.05, 4.69) is 6.07 Å². The van der Waals surface area contributed by atoms with Gasteiger partial charge in [0.25, 0.3) is 5.91 Å². The van der Waals surface area contributed by atoms with Gasteiger partial charge in [0.1, 0.15) is 6.10 Å². The van der Waals surface area contributed by atoms with Crippen molar-refractivity contribution in [3.8, 4) is 0 Å². The van der Waals surface area contributed by atoms with Crippen LogP contribution in [0.3, 0.4) is 0 Å². The average Bonchev–Trinajstić information content (AvgIpc) is 3.08. The first-order chi connectivity index (χ1) is 9.66. The van der Waals surface area contributed by atoms with Gasteiger partial charge in [-0.05, 0) is 18.9 Å². The van der Waals surface area contributed by atoms with Crippen LogP contribution in [0, 0.1) is 0 Å². The largest absolute Gasteiger partial charge is 0.368 e. The molecule has 20 heavy (non-hydrogen) atoms. The Kier molecular flexibility index (Phi) is 3.96. The molecule has 0 unspecified atom stereocenters. The van der Waals surface area contributed by atoms with Crippen molar-refractivity contribution in [2.75, 3.05) is 13.7 Å². The van der Waals surface area contributed by atoms with Gasteiger partial charge in [-0.1, -0.05) is 29.8 Å². The summed E-state index contributed by atoms with van der Waals surface area (Å²) in [6, 6.07) is 8.04. The van der Waals surface area contributed by atoms with Gasteiger partial charge in [-0.25, -0.2) is 0 Å². The molecule has 0 spiro atoms. The van der Waals surface area contributed by atoms with Crippen LogP contribution in [-0.2, 0) is 16.1 Å². The minimum Gasteiger partial charge on any atom is -0.368 e. The van der Waals surface area contributed by atoms with Crippen LogP contribution in [0.15, 0.2) is 24.3 Å². The summed E-state index contributed by atoms with van der Waals surface area (Å²) in [6.07, 6.45) is 1.52. The molecule has 0 bridgehead atoms. The lowest BCUT2D eigenvalue weighted by Gasteiger charge is -2.20. The molecule has 2 aromatic rings. The van der Waals surface area contributed by atoms with Crippen molar-refractivity contribution in [2.45, 2.75) is 25.5 Å². The van der Waals surface area contributed by atoms with E-state index in [-0.39, 0.29) is 12.0 Å². The first kappa shape index (κ1) is 13.9. The van der Waals surface area contributed by atoms with Crippen molar-refractivity contribution in [1.82, 2.24) is 4.90 Å². The lowest BCUT2D eigenvalue weighted by Crippen LogP contribution is -2.35. The standard InChI is InChI=1S/C15H16ClNO2S/c1-17(15(18)11-6-4-8-19-11)9-13-14(16)10-5-2-3-7-12(10)20-13/h2-3,5,7,11H,4,6,8-9H2,1H3/t11-/m1/s1. The summed E-state index contributed by atoms with van der Waals surface area (Å²) in [5.74, 6) is 0.0519. The highest BCUT2D eigenvalue weighted by molar-refractivity contribution is 7.19. The Morgan fingerprint density at radius 3 is 3.00 bits per heavy atom. The van der Waals surface area contributed by atoms with Crippen molar-refractivity contribution >= 4 is 38.9 Å². The number of nitrogens with zero attached hydrogens (tertiary/aromatic N) is 1. The molecule has 5 heteroatoms. The van der Waals surface area contributed by atoms with Gasteiger partial charge in [0.2, 0.25) is 0 Å². The van der Waals surface area contributed by atoms with Crippen molar-refractivity contribution in [3.63, 3.8) is 0 Å². The molecule has 1 saturated heterocycles. The van der Waals surface area contributed by atoms with Gasteiger partial charge in [0.15, 0.2) is 0 Å². The second kappa shape index (κ2) is 5.72. The smallest absolute Gasteiger partial charge is 0.251 e. The van der Waals surface area contributed by atoms with Crippen LogP contribution in [0.2, 0.25) is 5.02 Å². The van der Waals surface area contributed by atoms with Gasteiger partial charge < -0.3 is 9.64 Å². The van der Waals surface area contributed by atoms with Crippen LogP contribution in [0.25, 0.3) is 10.1 Å². The van der Waals surface area contributed by atoms with Crippen LogP contribution in [0.5, 0.6) is 0 Å². The van der Waals surface area contributed by atoms with E-state index in [0.717, 1.165) is 32.8 Å². The third-order valence-electron chi connectivity index (χ3n) is 3.56. The number of rotatable bonds is 3. The molecule has 3 rings (SSSR count). The van der Waals surface area contributed by atoms with E-state index in [9.17, 15) is 4.79 Å². The molecule has 1 atom stereocenters. The molecular weight excluding hydrogens is 294 g/mol. The summed E-state index contributed by atoms with van der Waals surface area (Å²) in [6.45, 7) is 1.23. The molecule has 1 fully saturated rings. The molecule has 1 aliphatic rings. The number of hydrogen-bond donors (Lipinski definition) is 0. The SMILES string of the molecule is CN(Cc1sc2ccccc2c1Cl)C(=O)[C@H]1CCCO1. The van der Waals surface area contributed by atoms with Gasteiger partial charge in [0, 0.05) is 28.6 Å². The number of thiophene rings is 1. The Morgan fingerprint density at radius 1 is 1.50 bits per heavy atom. The Bertz CT molecular complexity index is 634. The zero-order chi connectivity index (χ0) is 14.1. The van der Waals surface area contributed by atoms with Gasteiger partial charge in [0.05, 0.1) is 11.6 Å². The number of benzene rings is 1. The van der Waals surface area contributed by atoms with Gasteiger partial charge in [-0.2, -0.15) is 0 Å². The average molecular weight is 310 g/mol. The number of amides is 1. The van der Waals surface area contributed by atoms with Gasteiger partial charge in [-0.15, -0.1) is 11.3 Å². The van der Waals surface area contributed by atoms with Gasteiger partial charge >= 0.3 is 0 Å². The number of carbonyl (C=O) groups is 1. The molecule has 1 aromatic heterocycles. The fourth-order valence-corrected chi connectivity index (χ4v) is 4.02. The van der Waals surface area contributed by atoms with Crippen LogP contribution in [0.1, 0.15) is 17.7 Å². The molecule has 3 nitrogen and oxygen atoms in total. The Labute approximate surface area is 127 Å². The van der Waals surface area contributed by atoms with Crippen molar-refractivity contribution in [3.05, 3.63) is 34.2 Å². The normalized spacial score (nSPS) is 18.6. The molecule has 0 radical (unpaired) electrons. The summed E-state index contributed by atoms with van der Waals surface area (Å²) < 4.78 is 6.60. The second-order valence-electron chi connectivity index (χ2n) is 5.03. The summed E-state index contributed by atoms with van der Waals surface area (Å²) in [5.41, 5.74) is 0. The minimum absolute atomic E-state index is 0.0519. The third-order valence-corrected chi connectivity index (χ3v) is 5.26. The molecular formula is C15H16ClNO2S. The van der Waals surface area contributed by atoms with E-state index in [1.54, 1.807) is 16.2 Å². The molecule has 0 saturated carbocycles. The summed E-state index contributed by atoms with van der Waals surface area (Å²) >= 11 is 8.05. The number of likely N-dealkylation sites (N-methyl/N-ethyl adjacent to an activating group) is 1. The third kappa shape index (κ3) is 2.55. The molecule has 1 amide bonds. The number of ether oxygens (including phenoxy) is 1. The molecule has 2 heterocycles. The Morgan fingerprint density at radius 2 is 2.30 bits per heavy atom. The van der Waals surface area contributed by atoms with Crippen LogP contribution < -0.4 is 0 Å². The zero-order valence-corrected chi connectivity index (χ0v) is 12.8. The maximum Gasteiger partial charge on any atom is 0.251 e. The Hall–Kier alpha value is -1.10. The highest BCUT2D eigenvalue weighted by atomic mass is 35.5. The van der Waals surface area contributed by atoms with Crippen molar-refractivity contribution < 1.29 is 9.53 Å². The number of hydrogen-bond acceptors (Lipinski definition) is 3. The predicted octanol–water partition coefficient (Wildman–Crippen LogP) is 3.69. The fourth-order valence-electron chi connectivity index (χ4n) is 2.48. The highest BCUT2D eigenvalue weighted by Crippen LogP contribution is 2.35. The zero-order valence-electron chi connectivity index (χ0n) is 11.3. The lowest BCUT2D eigenvalue weighted by molar-refractivity contribution is -0.140. The molecule has 1 aliphatic heterocycles. The molecule has 0 N–H and O–H groups in total. The van der Waals surface area contributed by atoms with Crippen molar-refractivity contribution in [2.24, 2.45) is 0 Å². The van der Waals surface area contributed by atoms with E-state index in [1.165, 1.54) is 0 Å².